The number of amides is 2. The van der Waals surface area contributed by atoms with Gasteiger partial charge in [0.15, 0.2) is 0 Å². The Balaban J connectivity index is 4.53. The van der Waals surface area contributed by atoms with Gasteiger partial charge in [0.25, 0.3) is 5.91 Å². The molecule has 7 nitrogen and oxygen atoms in total. The van der Waals surface area contributed by atoms with Crippen LogP contribution in [0.5, 0.6) is 0 Å². The third-order valence-electron chi connectivity index (χ3n) is 1.86. The van der Waals surface area contributed by atoms with E-state index in [4.69, 9.17) is 14.7 Å². The van der Waals surface area contributed by atoms with E-state index in [1.54, 1.807) is 0 Å². The Kier molecular flexibility index (Phi) is 5.90. The van der Waals surface area contributed by atoms with Crippen molar-refractivity contribution >= 4 is 12.0 Å². The van der Waals surface area contributed by atoms with E-state index in [9.17, 15) is 9.59 Å². The number of hydrogen-bond donors (Lipinski definition) is 2. The fourth-order valence-corrected chi connectivity index (χ4v) is 0.967. The summed E-state index contributed by atoms with van der Waals surface area (Å²) in [4.78, 5) is 27.0. The van der Waals surface area contributed by atoms with E-state index in [0.717, 1.165) is 5.06 Å². The third kappa shape index (κ3) is 6.75. The number of ether oxygens (including phenoxy) is 1. The number of hydrogen-bond acceptors (Lipinski definition) is 4. The SMILES string of the molecule is CON(C)C(=O)C(COC(C)(C)C)NC(=O)O. The summed E-state index contributed by atoms with van der Waals surface area (Å²) >= 11 is 0. The van der Waals surface area contributed by atoms with Crippen LogP contribution in [0, 0.1) is 0 Å². The van der Waals surface area contributed by atoms with Gasteiger partial charge >= 0.3 is 6.09 Å². The Morgan fingerprint density at radius 2 is 1.94 bits per heavy atom. The molecule has 0 saturated carbocycles. The highest BCUT2D eigenvalue weighted by atomic mass is 16.7. The first-order valence-electron chi connectivity index (χ1n) is 5.12. The zero-order valence-corrected chi connectivity index (χ0v) is 10.8. The van der Waals surface area contributed by atoms with E-state index < -0.39 is 23.6 Å². The zero-order chi connectivity index (χ0) is 13.6. The number of carbonyl (C=O) groups is 2. The van der Waals surface area contributed by atoms with Gasteiger partial charge in [-0.15, -0.1) is 0 Å². The van der Waals surface area contributed by atoms with Crippen molar-refractivity contribution in [2.75, 3.05) is 20.8 Å². The minimum Gasteiger partial charge on any atom is -0.465 e. The average Bonchev–Trinajstić information content (AvgIpc) is 2.20. The molecular formula is C10H20N2O5. The van der Waals surface area contributed by atoms with Crippen molar-refractivity contribution < 1.29 is 24.3 Å². The van der Waals surface area contributed by atoms with Crippen LogP contribution in [0.2, 0.25) is 0 Å². The molecular weight excluding hydrogens is 228 g/mol. The molecule has 0 aromatic carbocycles. The second-order valence-corrected chi connectivity index (χ2v) is 4.44. The summed E-state index contributed by atoms with van der Waals surface area (Å²) in [5.74, 6) is -0.515. The van der Waals surface area contributed by atoms with Gasteiger partial charge in [-0.25, -0.2) is 9.86 Å². The van der Waals surface area contributed by atoms with Crippen molar-refractivity contribution in [1.82, 2.24) is 10.4 Å². The normalized spacial score (nSPS) is 13.0. The van der Waals surface area contributed by atoms with Crippen LogP contribution in [-0.2, 0) is 14.4 Å². The van der Waals surface area contributed by atoms with E-state index in [0.29, 0.717) is 0 Å². The molecule has 100 valence electrons. The van der Waals surface area contributed by atoms with Crippen molar-refractivity contribution in [3.8, 4) is 0 Å². The molecule has 2 amide bonds. The summed E-state index contributed by atoms with van der Waals surface area (Å²) in [6.45, 7) is 5.39. The van der Waals surface area contributed by atoms with Crippen molar-refractivity contribution in [2.24, 2.45) is 0 Å². The lowest BCUT2D eigenvalue weighted by Gasteiger charge is -2.26. The third-order valence-corrected chi connectivity index (χ3v) is 1.86. The minimum absolute atomic E-state index is 0.0532. The molecule has 17 heavy (non-hydrogen) atoms. The minimum atomic E-state index is -1.29. The molecule has 0 radical (unpaired) electrons. The molecule has 0 spiro atoms. The summed E-state index contributed by atoms with van der Waals surface area (Å²) in [6, 6.07) is -0.989. The quantitative estimate of drug-likeness (QED) is 0.690. The molecule has 0 aliphatic carbocycles. The fourth-order valence-electron chi connectivity index (χ4n) is 0.967. The molecule has 2 N–H and O–H groups in total. The molecule has 0 fully saturated rings. The predicted molar refractivity (Wildman–Crippen MR) is 60.4 cm³/mol. The summed E-state index contributed by atoms with van der Waals surface area (Å²) in [5, 5.41) is 11.7. The van der Waals surface area contributed by atoms with Gasteiger partial charge < -0.3 is 15.2 Å². The van der Waals surface area contributed by atoms with Crippen LogP contribution in [0.1, 0.15) is 20.8 Å². The van der Waals surface area contributed by atoms with Crippen LogP contribution in [0.25, 0.3) is 0 Å². The van der Waals surface area contributed by atoms with Gasteiger partial charge in [-0.05, 0) is 20.8 Å². The first-order valence-corrected chi connectivity index (χ1v) is 5.12. The van der Waals surface area contributed by atoms with Crippen molar-refractivity contribution in [2.45, 2.75) is 32.4 Å². The highest BCUT2D eigenvalue weighted by Crippen LogP contribution is 2.08. The maximum atomic E-state index is 11.7. The summed E-state index contributed by atoms with van der Waals surface area (Å²) in [5.41, 5.74) is -0.454. The summed E-state index contributed by atoms with van der Waals surface area (Å²) < 4.78 is 5.38. The smallest absolute Gasteiger partial charge is 0.405 e. The molecule has 0 heterocycles. The number of rotatable bonds is 5. The molecule has 0 aromatic heterocycles. The number of hydroxylamine groups is 2. The highest BCUT2D eigenvalue weighted by Gasteiger charge is 2.26. The van der Waals surface area contributed by atoms with E-state index in [2.05, 4.69) is 5.32 Å². The molecule has 0 bridgehead atoms. The first kappa shape index (κ1) is 15.7. The van der Waals surface area contributed by atoms with Crippen LogP contribution < -0.4 is 5.32 Å². The zero-order valence-electron chi connectivity index (χ0n) is 10.8. The maximum Gasteiger partial charge on any atom is 0.405 e. The standard InChI is InChI=1S/C10H20N2O5/c1-10(2,3)17-6-7(11-9(14)15)8(13)12(4)16-5/h7,11H,6H2,1-5H3,(H,14,15). The molecule has 0 aliphatic heterocycles. The predicted octanol–water partition coefficient (Wildman–Crippen LogP) is 0.457. The molecule has 0 rings (SSSR count). The van der Waals surface area contributed by atoms with Gasteiger partial charge in [0.1, 0.15) is 6.04 Å². The van der Waals surface area contributed by atoms with Gasteiger partial charge in [0, 0.05) is 7.05 Å². The number of nitrogens with one attached hydrogen (secondary N) is 1. The van der Waals surface area contributed by atoms with Gasteiger partial charge in [0.05, 0.1) is 19.3 Å². The number of nitrogens with zero attached hydrogens (tertiary/aromatic N) is 1. The Morgan fingerprint density at radius 3 is 2.29 bits per heavy atom. The molecule has 7 heteroatoms. The lowest BCUT2D eigenvalue weighted by Crippen LogP contribution is -2.50. The van der Waals surface area contributed by atoms with E-state index >= 15 is 0 Å². The number of carboxylic acid groups (broad SMARTS) is 1. The fraction of sp³-hybridized carbons (Fsp3) is 0.800. The van der Waals surface area contributed by atoms with Gasteiger partial charge in [-0.3, -0.25) is 9.63 Å². The van der Waals surface area contributed by atoms with Crippen LogP contribution >= 0.6 is 0 Å². The van der Waals surface area contributed by atoms with Crippen LogP contribution in [0.3, 0.4) is 0 Å². The highest BCUT2D eigenvalue weighted by molar-refractivity contribution is 5.84. The Bertz CT molecular complexity index is 274. The Morgan fingerprint density at radius 1 is 1.41 bits per heavy atom. The number of carbonyl (C=O) groups excluding carboxylic acids is 1. The average molecular weight is 248 g/mol. The van der Waals surface area contributed by atoms with E-state index in [1.165, 1.54) is 14.2 Å². The molecule has 0 aliphatic rings. The maximum absolute atomic E-state index is 11.7. The van der Waals surface area contributed by atoms with Crippen molar-refractivity contribution in [3.05, 3.63) is 0 Å². The molecule has 1 atom stereocenters. The first-order chi connectivity index (χ1) is 7.67. The molecule has 0 saturated heterocycles. The van der Waals surface area contributed by atoms with E-state index in [1.807, 2.05) is 20.8 Å². The topological polar surface area (TPSA) is 88.1 Å². The van der Waals surface area contributed by atoms with Gasteiger partial charge in [-0.1, -0.05) is 0 Å². The van der Waals surface area contributed by atoms with Crippen molar-refractivity contribution in [3.63, 3.8) is 0 Å². The van der Waals surface area contributed by atoms with Gasteiger partial charge in [-0.2, -0.15) is 0 Å². The second kappa shape index (κ2) is 6.41. The molecule has 1 unspecified atom stereocenters. The Labute approximate surface area is 101 Å². The summed E-state index contributed by atoms with van der Waals surface area (Å²) in [7, 11) is 2.72. The Hall–Kier alpha value is -1.34. The van der Waals surface area contributed by atoms with Gasteiger partial charge in [0.2, 0.25) is 0 Å². The largest absolute Gasteiger partial charge is 0.465 e. The summed E-state index contributed by atoms with van der Waals surface area (Å²) in [6.07, 6.45) is -1.29. The molecule has 0 aromatic rings. The van der Waals surface area contributed by atoms with Crippen LogP contribution in [0.4, 0.5) is 4.79 Å². The monoisotopic (exact) mass is 248 g/mol. The lowest BCUT2D eigenvalue weighted by atomic mass is 10.2. The number of likely N-dealkylation sites (N-methyl/N-ethyl adjacent to an activating group) is 1. The van der Waals surface area contributed by atoms with Crippen LogP contribution in [-0.4, -0.2) is 54.6 Å². The van der Waals surface area contributed by atoms with Crippen LogP contribution in [0.15, 0.2) is 0 Å². The van der Waals surface area contributed by atoms with E-state index in [-0.39, 0.29) is 6.61 Å². The lowest BCUT2D eigenvalue weighted by molar-refractivity contribution is -0.173. The second-order valence-electron chi connectivity index (χ2n) is 4.44. The van der Waals surface area contributed by atoms with Crippen molar-refractivity contribution in [1.29, 1.82) is 0 Å².